The second kappa shape index (κ2) is 4.58. The molecule has 0 atom stereocenters. The second-order valence-electron chi connectivity index (χ2n) is 4.27. The van der Waals surface area contributed by atoms with E-state index >= 15 is 0 Å². The summed E-state index contributed by atoms with van der Waals surface area (Å²) in [5.74, 6) is 0.518. The largest absolute Gasteiger partial charge is 0.474 e. The first-order valence-corrected chi connectivity index (χ1v) is 5.15. The van der Waals surface area contributed by atoms with E-state index in [1.54, 1.807) is 0 Å². The van der Waals surface area contributed by atoms with Crippen LogP contribution >= 0.6 is 11.6 Å². The lowest BCUT2D eigenvalue weighted by Gasteiger charge is -2.23. The fourth-order valence-electron chi connectivity index (χ4n) is 1.12. The molecular weight excluding hydrogens is 210 g/mol. The third-order valence-corrected chi connectivity index (χ3v) is 1.77. The zero-order valence-corrected chi connectivity index (χ0v) is 10.1. The molecule has 1 rings (SSSR count). The first-order chi connectivity index (χ1) is 6.87. The number of rotatable bonds is 3. The first kappa shape index (κ1) is 11.9. The van der Waals surface area contributed by atoms with Gasteiger partial charge in [-0.25, -0.2) is 0 Å². The summed E-state index contributed by atoms with van der Waals surface area (Å²) >= 11 is 5.85. The number of ether oxygens (including phenoxy) is 1. The monoisotopic (exact) mass is 225 g/mol. The number of hydrogen-bond donors (Lipinski definition) is 1. The highest BCUT2D eigenvalue weighted by Crippen LogP contribution is 2.18. The molecule has 0 amide bonds. The number of halogens is 1. The van der Waals surface area contributed by atoms with Crippen LogP contribution in [-0.2, 0) is 4.74 Å². The molecule has 0 aliphatic carbocycles. The van der Waals surface area contributed by atoms with Gasteiger partial charge in [-0.15, -0.1) is 0 Å². The van der Waals surface area contributed by atoms with Crippen LogP contribution in [-0.4, -0.2) is 5.60 Å². The summed E-state index contributed by atoms with van der Waals surface area (Å²) in [6.45, 7) is 9.70. The van der Waals surface area contributed by atoms with Gasteiger partial charge in [0, 0.05) is 10.7 Å². The van der Waals surface area contributed by atoms with Gasteiger partial charge in [-0.1, -0.05) is 17.7 Å². The van der Waals surface area contributed by atoms with Crippen molar-refractivity contribution in [2.45, 2.75) is 26.4 Å². The zero-order chi connectivity index (χ0) is 11.5. The number of benzene rings is 1. The molecule has 1 aromatic carbocycles. The van der Waals surface area contributed by atoms with E-state index in [-0.39, 0.29) is 5.60 Å². The molecule has 0 radical (unpaired) electrons. The summed E-state index contributed by atoms with van der Waals surface area (Å²) in [7, 11) is 0. The van der Waals surface area contributed by atoms with Crippen molar-refractivity contribution in [3.05, 3.63) is 41.8 Å². The molecule has 0 aliphatic rings. The number of nitrogens with one attached hydrogen (secondary N) is 1. The molecule has 0 heterocycles. The van der Waals surface area contributed by atoms with Gasteiger partial charge in [0.05, 0.1) is 0 Å². The Morgan fingerprint density at radius 2 is 2.07 bits per heavy atom. The molecule has 82 valence electrons. The van der Waals surface area contributed by atoms with E-state index < -0.39 is 0 Å². The first-order valence-electron chi connectivity index (χ1n) is 4.77. The van der Waals surface area contributed by atoms with Crippen molar-refractivity contribution >= 4 is 17.3 Å². The molecule has 2 nitrogen and oxygen atoms in total. The van der Waals surface area contributed by atoms with Crippen LogP contribution in [0.3, 0.4) is 0 Å². The van der Waals surface area contributed by atoms with Crippen molar-refractivity contribution in [1.29, 1.82) is 0 Å². The summed E-state index contributed by atoms with van der Waals surface area (Å²) in [5.41, 5.74) is 0.625. The molecule has 1 N–H and O–H groups in total. The second-order valence-corrected chi connectivity index (χ2v) is 4.71. The molecule has 0 saturated heterocycles. The maximum atomic E-state index is 5.85. The Morgan fingerprint density at radius 1 is 1.40 bits per heavy atom. The van der Waals surface area contributed by atoms with Crippen molar-refractivity contribution in [3.8, 4) is 0 Å². The lowest BCUT2D eigenvalue weighted by atomic mass is 10.2. The summed E-state index contributed by atoms with van der Waals surface area (Å²) in [5, 5.41) is 3.72. The molecule has 0 bridgehead atoms. The third kappa shape index (κ3) is 4.75. The third-order valence-electron chi connectivity index (χ3n) is 1.54. The van der Waals surface area contributed by atoms with Crippen LogP contribution in [0, 0.1) is 0 Å². The van der Waals surface area contributed by atoms with E-state index in [9.17, 15) is 0 Å². The van der Waals surface area contributed by atoms with Crippen molar-refractivity contribution in [1.82, 2.24) is 0 Å². The minimum atomic E-state index is -0.247. The average Bonchev–Trinajstić information content (AvgIpc) is 1.99. The summed E-state index contributed by atoms with van der Waals surface area (Å²) < 4.78 is 5.53. The fraction of sp³-hybridized carbons (Fsp3) is 0.333. The van der Waals surface area contributed by atoms with Gasteiger partial charge in [-0.05, 0) is 45.5 Å². The molecule has 1 aromatic rings. The summed E-state index contributed by atoms with van der Waals surface area (Å²) in [6.07, 6.45) is 0. The fourth-order valence-corrected chi connectivity index (χ4v) is 1.31. The van der Waals surface area contributed by atoms with Gasteiger partial charge in [0.1, 0.15) is 5.60 Å². The normalized spacial score (nSPS) is 10.9. The van der Waals surface area contributed by atoms with E-state index in [1.807, 2.05) is 45.0 Å². The quantitative estimate of drug-likeness (QED) is 0.784. The standard InChI is InChI=1S/C12H16ClNO/c1-9(15-12(2,3)4)14-11-7-5-6-10(13)8-11/h5-8,14H,1H2,2-4H3. The lowest BCUT2D eigenvalue weighted by molar-refractivity contribution is 0.0565. The smallest absolute Gasteiger partial charge is 0.184 e. The van der Waals surface area contributed by atoms with E-state index in [0.717, 1.165) is 5.69 Å². The van der Waals surface area contributed by atoms with Crippen LogP contribution in [0.2, 0.25) is 5.02 Å². The maximum absolute atomic E-state index is 5.85. The predicted molar refractivity (Wildman–Crippen MR) is 65.1 cm³/mol. The van der Waals surface area contributed by atoms with Crippen LogP contribution in [0.1, 0.15) is 20.8 Å². The Hall–Kier alpha value is -1.15. The Balaban J connectivity index is 2.59. The van der Waals surface area contributed by atoms with E-state index in [1.165, 1.54) is 0 Å². The number of hydrogen-bond acceptors (Lipinski definition) is 2. The van der Waals surface area contributed by atoms with Gasteiger partial charge in [0.15, 0.2) is 5.88 Å². The Morgan fingerprint density at radius 3 is 2.60 bits per heavy atom. The van der Waals surface area contributed by atoms with Crippen molar-refractivity contribution in [3.63, 3.8) is 0 Å². The van der Waals surface area contributed by atoms with Crippen LogP contribution in [0.25, 0.3) is 0 Å². The van der Waals surface area contributed by atoms with Gasteiger partial charge in [0.2, 0.25) is 0 Å². The highest BCUT2D eigenvalue weighted by atomic mass is 35.5. The van der Waals surface area contributed by atoms with Crippen molar-refractivity contribution < 1.29 is 4.74 Å². The molecule has 0 spiro atoms. The van der Waals surface area contributed by atoms with Gasteiger partial charge in [-0.2, -0.15) is 0 Å². The van der Waals surface area contributed by atoms with E-state index in [0.29, 0.717) is 10.9 Å². The SMILES string of the molecule is C=C(Nc1cccc(Cl)c1)OC(C)(C)C. The van der Waals surface area contributed by atoms with Crippen LogP contribution < -0.4 is 5.32 Å². The molecule has 0 fully saturated rings. The van der Waals surface area contributed by atoms with Crippen LogP contribution in [0.4, 0.5) is 5.69 Å². The molecule has 3 heteroatoms. The van der Waals surface area contributed by atoms with Crippen molar-refractivity contribution in [2.75, 3.05) is 5.32 Å². The Kier molecular flexibility index (Phi) is 3.64. The topological polar surface area (TPSA) is 21.3 Å². The minimum absolute atomic E-state index is 0.247. The zero-order valence-electron chi connectivity index (χ0n) is 9.30. The van der Waals surface area contributed by atoms with Gasteiger partial charge >= 0.3 is 0 Å². The molecule has 0 aliphatic heterocycles. The minimum Gasteiger partial charge on any atom is -0.474 e. The van der Waals surface area contributed by atoms with Gasteiger partial charge in [0.25, 0.3) is 0 Å². The van der Waals surface area contributed by atoms with E-state index in [2.05, 4.69) is 11.9 Å². The van der Waals surface area contributed by atoms with Crippen LogP contribution in [0.5, 0.6) is 0 Å². The molecular formula is C12H16ClNO. The molecule has 0 saturated carbocycles. The highest BCUT2D eigenvalue weighted by molar-refractivity contribution is 6.30. The Labute approximate surface area is 95.9 Å². The van der Waals surface area contributed by atoms with Crippen LogP contribution in [0.15, 0.2) is 36.7 Å². The van der Waals surface area contributed by atoms with Gasteiger partial charge < -0.3 is 10.1 Å². The predicted octanol–water partition coefficient (Wildman–Crippen LogP) is 4.04. The Bertz CT molecular complexity index is 355. The summed E-state index contributed by atoms with van der Waals surface area (Å²) in [4.78, 5) is 0. The van der Waals surface area contributed by atoms with Crippen molar-refractivity contribution in [2.24, 2.45) is 0 Å². The van der Waals surface area contributed by atoms with Gasteiger partial charge in [-0.3, -0.25) is 0 Å². The maximum Gasteiger partial charge on any atom is 0.184 e. The average molecular weight is 226 g/mol. The molecule has 0 unspecified atom stereocenters. The highest BCUT2D eigenvalue weighted by Gasteiger charge is 2.12. The molecule has 15 heavy (non-hydrogen) atoms. The van der Waals surface area contributed by atoms with E-state index in [4.69, 9.17) is 16.3 Å². The summed E-state index contributed by atoms with van der Waals surface area (Å²) in [6, 6.07) is 7.41. The lowest BCUT2D eigenvalue weighted by Crippen LogP contribution is -2.21. The number of anilines is 1. The molecule has 0 aromatic heterocycles.